The van der Waals surface area contributed by atoms with Crippen LogP contribution in [-0.2, 0) is 15.3 Å². The maximum Gasteiger partial charge on any atom is 0.154 e. The number of hydrogen-bond acceptors (Lipinski definition) is 6. The van der Waals surface area contributed by atoms with Crippen molar-refractivity contribution in [1.29, 1.82) is 0 Å². The molecule has 0 aromatic carbocycles. The number of nitrogens with zero attached hydrogens (tertiary/aromatic N) is 3. The van der Waals surface area contributed by atoms with E-state index in [9.17, 15) is 8.42 Å². The molecule has 2 heterocycles. The van der Waals surface area contributed by atoms with Crippen LogP contribution in [0.1, 0.15) is 33.5 Å². The van der Waals surface area contributed by atoms with Crippen LogP contribution in [0.5, 0.6) is 0 Å². The van der Waals surface area contributed by atoms with Crippen molar-refractivity contribution in [2.45, 2.75) is 39.2 Å². The summed E-state index contributed by atoms with van der Waals surface area (Å²) in [7, 11) is -1.11. The first-order valence-corrected chi connectivity index (χ1v) is 8.99. The van der Waals surface area contributed by atoms with E-state index in [0.717, 1.165) is 17.5 Å². The number of nitrogens with one attached hydrogen (secondary N) is 1. The van der Waals surface area contributed by atoms with E-state index < -0.39 is 9.84 Å². The molecule has 6 nitrogen and oxygen atoms in total. The van der Waals surface area contributed by atoms with E-state index in [2.05, 4.69) is 41.0 Å². The first-order chi connectivity index (χ1) is 9.62. The molecule has 0 radical (unpaired) electrons. The molecule has 1 aromatic rings. The monoisotopic (exact) mass is 312 g/mol. The second-order valence-corrected chi connectivity index (χ2v) is 8.82. The molecule has 0 amide bonds. The van der Waals surface area contributed by atoms with Crippen LogP contribution in [0.2, 0.25) is 0 Å². The van der Waals surface area contributed by atoms with Crippen molar-refractivity contribution < 1.29 is 8.42 Å². The van der Waals surface area contributed by atoms with Gasteiger partial charge in [0.25, 0.3) is 0 Å². The van der Waals surface area contributed by atoms with Crippen molar-refractivity contribution in [2.75, 3.05) is 35.3 Å². The summed E-state index contributed by atoms with van der Waals surface area (Å²) in [5.41, 5.74) is -0.160. The molecule has 0 saturated carbocycles. The third-order valence-corrected chi connectivity index (χ3v) is 5.40. The Labute approximate surface area is 126 Å². The lowest BCUT2D eigenvalue weighted by Gasteiger charge is -2.35. The molecule has 0 bridgehead atoms. The van der Waals surface area contributed by atoms with Crippen LogP contribution in [0.3, 0.4) is 0 Å². The van der Waals surface area contributed by atoms with Crippen LogP contribution in [0.25, 0.3) is 0 Å². The number of sulfone groups is 1. The molecular weight excluding hydrogens is 288 g/mol. The first kappa shape index (κ1) is 16.0. The molecule has 0 spiro atoms. The Hall–Kier alpha value is -1.37. The van der Waals surface area contributed by atoms with Crippen LogP contribution in [0.15, 0.2) is 6.07 Å². The van der Waals surface area contributed by atoms with Gasteiger partial charge in [-0.2, -0.15) is 0 Å². The Morgan fingerprint density at radius 2 is 2.00 bits per heavy atom. The largest absolute Gasteiger partial charge is 0.373 e. The highest BCUT2D eigenvalue weighted by Crippen LogP contribution is 2.26. The maximum absolute atomic E-state index is 11.7. The van der Waals surface area contributed by atoms with Gasteiger partial charge in [0.2, 0.25) is 0 Å². The van der Waals surface area contributed by atoms with E-state index in [-0.39, 0.29) is 23.0 Å². The van der Waals surface area contributed by atoms with Gasteiger partial charge in [-0.3, -0.25) is 0 Å². The predicted molar refractivity (Wildman–Crippen MR) is 85.7 cm³/mol. The Balaban J connectivity index is 2.40. The lowest BCUT2D eigenvalue weighted by molar-refractivity contribution is 0.539. The first-order valence-electron chi connectivity index (χ1n) is 7.17. The van der Waals surface area contributed by atoms with Crippen LogP contribution < -0.4 is 10.2 Å². The molecular formula is C14H24N4O2S. The minimum Gasteiger partial charge on any atom is -0.373 e. The van der Waals surface area contributed by atoms with Gasteiger partial charge in [-0.1, -0.05) is 20.8 Å². The molecule has 1 fully saturated rings. The van der Waals surface area contributed by atoms with Crippen LogP contribution >= 0.6 is 0 Å². The second-order valence-electron chi connectivity index (χ2n) is 6.59. The summed E-state index contributed by atoms with van der Waals surface area (Å²) >= 11 is 0. The van der Waals surface area contributed by atoms with Gasteiger partial charge in [-0.15, -0.1) is 0 Å². The second kappa shape index (κ2) is 5.44. The van der Waals surface area contributed by atoms with Crippen molar-refractivity contribution >= 4 is 21.5 Å². The van der Waals surface area contributed by atoms with Crippen LogP contribution in [0, 0.1) is 0 Å². The fourth-order valence-electron chi connectivity index (χ4n) is 2.38. The summed E-state index contributed by atoms with van der Waals surface area (Å²) in [6.07, 6.45) is 0. The van der Waals surface area contributed by atoms with Crippen molar-refractivity contribution in [3.63, 3.8) is 0 Å². The van der Waals surface area contributed by atoms with Crippen molar-refractivity contribution in [3.05, 3.63) is 11.9 Å². The van der Waals surface area contributed by atoms with E-state index in [0.29, 0.717) is 6.54 Å². The third kappa shape index (κ3) is 3.64. The highest BCUT2D eigenvalue weighted by Gasteiger charge is 2.30. The van der Waals surface area contributed by atoms with Crippen LogP contribution in [0.4, 0.5) is 11.6 Å². The Morgan fingerprint density at radius 3 is 2.52 bits per heavy atom. The van der Waals surface area contributed by atoms with Gasteiger partial charge in [0, 0.05) is 31.1 Å². The molecule has 1 aromatic heterocycles. The van der Waals surface area contributed by atoms with E-state index in [1.807, 2.05) is 20.0 Å². The normalized spacial score (nSPS) is 22.1. The molecule has 1 aliphatic heterocycles. The minimum absolute atomic E-state index is 0.0730. The number of aromatic nitrogens is 2. The lowest BCUT2D eigenvalue weighted by Crippen LogP contribution is -2.47. The summed E-state index contributed by atoms with van der Waals surface area (Å²) in [6, 6.07) is 1.81. The quantitative estimate of drug-likeness (QED) is 0.890. The fourth-order valence-corrected chi connectivity index (χ4v) is 3.94. The van der Waals surface area contributed by atoms with E-state index in [4.69, 9.17) is 0 Å². The topological polar surface area (TPSA) is 75.2 Å². The Bertz CT molecular complexity index is 622. The SMILES string of the molecule is CNc1cc(N2CCS(=O)(=O)CC2C)nc(C(C)(C)C)n1. The van der Waals surface area contributed by atoms with Gasteiger partial charge in [0.1, 0.15) is 17.5 Å². The predicted octanol–water partition coefficient (Wildman–Crippen LogP) is 1.44. The highest BCUT2D eigenvalue weighted by atomic mass is 32.2. The number of hydrogen-bond donors (Lipinski definition) is 1. The molecule has 118 valence electrons. The standard InChI is InChI=1S/C14H24N4O2S/c1-10-9-21(19,20)7-6-18(10)12-8-11(15-5)16-13(17-12)14(2,3)4/h8,10H,6-7,9H2,1-5H3,(H,15,16,17). The molecule has 7 heteroatoms. The number of anilines is 2. The van der Waals surface area contributed by atoms with Crippen molar-refractivity contribution in [2.24, 2.45) is 0 Å². The van der Waals surface area contributed by atoms with Gasteiger partial charge in [-0.25, -0.2) is 18.4 Å². The van der Waals surface area contributed by atoms with Gasteiger partial charge in [0.15, 0.2) is 9.84 Å². The number of rotatable bonds is 2. The summed E-state index contributed by atoms with van der Waals surface area (Å²) in [5.74, 6) is 2.66. The summed E-state index contributed by atoms with van der Waals surface area (Å²) in [5, 5.41) is 3.05. The minimum atomic E-state index is -2.93. The molecule has 2 rings (SSSR count). The molecule has 0 aliphatic carbocycles. The maximum atomic E-state index is 11.7. The lowest BCUT2D eigenvalue weighted by atomic mass is 9.96. The van der Waals surface area contributed by atoms with Crippen LogP contribution in [-0.4, -0.2) is 49.5 Å². The smallest absolute Gasteiger partial charge is 0.154 e. The highest BCUT2D eigenvalue weighted by molar-refractivity contribution is 7.91. The van der Waals surface area contributed by atoms with Gasteiger partial charge in [0.05, 0.1) is 11.5 Å². The zero-order valence-electron chi connectivity index (χ0n) is 13.3. The molecule has 1 atom stereocenters. The molecule has 1 N–H and O–H groups in total. The Kier molecular flexibility index (Phi) is 4.15. The third-order valence-electron chi connectivity index (χ3n) is 3.60. The van der Waals surface area contributed by atoms with E-state index >= 15 is 0 Å². The zero-order chi connectivity index (χ0) is 15.8. The fraction of sp³-hybridized carbons (Fsp3) is 0.714. The molecule has 1 aliphatic rings. The van der Waals surface area contributed by atoms with Gasteiger partial charge >= 0.3 is 0 Å². The zero-order valence-corrected chi connectivity index (χ0v) is 14.2. The molecule has 1 saturated heterocycles. The van der Waals surface area contributed by atoms with Gasteiger partial charge < -0.3 is 10.2 Å². The summed E-state index contributed by atoms with van der Waals surface area (Å²) in [6.45, 7) is 8.60. The van der Waals surface area contributed by atoms with Crippen molar-refractivity contribution in [3.8, 4) is 0 Å². The average molecular weight is 312 g/mol. The van der Waals surface area contributed by atoms with E-state index in [1.54, 1.807) is 0 Å². The van der Waals surface area contributed by atoms with Gasteiger partial charge in [-0.05, 0) is 6.92 Å². The summed E-state index contributed by atoms with van der Waals surface area (Å²) in [4.78, 5) is 11.2. The average Bonchev–Trinajstić information content (AvgIpc) is 2.36. The summed E-state index contributed by atoms with van der Waals surface area (Å²) < 4.78 is 23.4. The molecule has 21 heavy (non-hydrogen) atoms. The van der Waals surface area contributed by atoms with E-state index in [1.165, 1.54) is 0 Å². The van der Waals surface area contributed by atoms with Crippen molar-refractivity contribution in [1.82, 2.24) is 9.97 Å². The molecule has 1 unspecified atom stereocenters. The Morgan fingerprint density at radius 1 is 1.33 bits per heavy atom.